The van der Waals surface area contributed by atoms with E-state index in [1.54, 1.807) is 0 Å². The van der Waals surface area contributed by atoms with Crippen LogP contribution in [-0.4, -0.2) is 24.5 Å². The van der Waals surface area contributed by atoms with Crippen LogP contribution < -0.4 is 20.4 Å². The molecular formula is C16H16N4S. The third kappa shape index (κ3) is 1.85. The predicted molar refractivity (Wildman–Crippen MR) is 90.7 cm³/mol. The van der Waals surface area contributed by atoms with Crippen LogP contribution >= 0.6 is 12.2 Å². The number of anilines is 3. The van der Waals surface area contributed by atoms with E-state index >= 15 is 0 Å². The maximum Gasteiger partial charge on any atom is 0.177 e. The summed E-state index contributed by atoms with van der Waals surface area (Å²) in [6.07, 6.45) is 0.201. The summed E-state index contributed by atoms with van der Waals surface area (Å²) in [4.78, 5) is 4.39. The summed E-state index contributed by atoms with van der Waals surface area (Å²) in [5, 5.41) is 7.77. The third-order valence-electron chi connectivity index (χ3n) is 4.11. The van der Waals surface area contributed by atoms with Gasteiger partial charge in [-0.2, -0.15) is 0 Å². The van der Waals surface area contributed by atoms with Gasteiger partial charge in [0.05, 0.1) is 11.4 Å². The van der Waals surface area contributed by atoms with E-state index in [0.29, 0.717) is 0 Å². The molecule has 2 heterocycles. The van der Waals surface area contributed by atoms with Crippen molar-refractivity contribution < 1.29 is 0 Å². The summed E-state index contributed by atoms with van der Waals surface area (Å²) in [6.45, 7) is 0. The molecule has 0 saturated carbocycles. The first kappa shape index (κ1) is 12.5. The van der Waals surface area contributed by atoms with Crippen LogP contribution in [0.3, 0.4) is 0 Å². The van der Waals surface area contributed by atoms with Crippen LogP contribution in [0.5, 0.6) is 0 Å². The Kier molecular flexibility index (Phi) is 2.75. The number of para-hydroxylation sites is 3. The van der Waals surface area contributed by atoms with Crippen molar-refractivity contribution in [2.45, 2.75) is 12.3 Å². The van der Waals surface area contributed by atoms with E-state index in [0.717, 1.165) is 16.5 Å². The number of likely N-dealkylation sites (N-methyl/N-ethyl adjacent to an activating group) is 1. The summed E-state index contributed by atoms with van der Waals surface area (Å²) in [6, 6.07) is 18.6. The fraction of sp³-hybridized carbons (Fsp3) is 0.188. The first-order chi connectivity index (χ1) is 10.3. The molecule has 0 bridgehead atoms. The zero-order chi connectivity index (χ0) is 14.4. The molecule has 4 rings (SSSR count). The van der Waals surface area contributed by atoms with Crippen LogP contribution in [0, 0.1) is 0 Å². The Labute approximate surface area is 129 Å². The summed E-state index contributed by atoms with van der Waals surface area (Å²) >= 11 is 5.55. The van der Waals surface area contributed by atoms with Gasteiger partial charge in [-0.3, -0.25) is 4.90 Å². The van der Waals surface area contributed by atoms with Gasteiger partial charge in [0.15, 0.2) is 5.11 Å². The summed E-state index contributed by atoms with van der Waals surface area (Å²) in [5.41, 5.74) is 3.42. The molecule has 2 aromatic rings. The summed E-state index contributed by atoms with van der Waals surface area (Å²) in [5.74, 6) is 0. The van der Waals surface area contributed by atoms with Crippen molar-refractivity contribution in [3.63, 3.8) is 0 Å². The Bertz CT molecular complexity index is 688. The quantitative estimate of drug-likeness (QED) is 0.790. The normalized spacial score (nSPS) is 23.2. The Morgan fingerprint density at radius 2 is 1.62 bits per heavy atom. The molecule has 5 heteroatoms. The minimum absolute atomic E-state index is 0.0831. The van der Waals surface area contributed by atoms with Gasteiger partial charge in [0, 0.05) is 12.7 Å². The third-order valence-corrected chi connectivity index (χ3v) is 4.42. The molecule has 1 saturated heterocycles. The van der Waals surface area contributed by atoms with Crippen molar-refractivity contribution >= 4 is 34.4 Å². The van der Waals surface area contributed by atoms with E-state index in [4.69, 9.17) is 12.2 Å². The van der Waals surface area contributed by atoms with Crippen molar-refractivity contribution in [3.8, 4) is 0 Å². The number of nitrogens with one attached hydrogen (secondary N) is 2. The van der Waals surface area contributed by atoms with Gasteiger partial charge in [0.1, 0.15) is 12.3 Å². The van der Waals surface area contributed by atoms with Crippen molar-refractivity contribution in [2.24, 2.45) is 0 Å². The molecule has 106 valence electrons. The molecule has 2 aliphatic rings. The van der Waals surface area contributed by atoms with E-state index in [9.17, 15) is 0 Å². The van der Waals surface area contributed by atoms with E-state index < -0.39 is 0 Å². The number of hydrogen-bond donors (Lipinski definition) is 2. The molecule has 21 heavy (non-hydrogen) atoms. The number of nitrogens with zero attached hydrogens (tertiary/aromatic N) is 2. The number of fused-ring (bicyclic) bond motifs is 2. The van der Waals surface area contributed by atoms with Crippen molar-refractivity contribution in [2.75, 3.05) is 22.2 Å². The summed E-state index contributed by atoms with van der Waals surface area (Å²) in [7, 11) is 2.10. The molecule has 4 nitrogen and oxygen atoms in total. The van der Waals surface area contributed by atoms with Gasteiger partial charge < -0.3 is 15.5 Å². The topological polar surface area (TPSA) is 30.5 Å². The molecule has 0 aliphatic carbocycles. The maximum atomic E-state index is 5.55. The highest BCUT2D eigenvalue weighted by Gasteiger charge is 2.43. The standard InChI is InChI=1S/C16H16N4S/c1-19-13-10-6-5-9-12(13)17-15-14(19)18-16(21)20(15)11-7-3-2-4-8-11/h2-10,14-15,17H,1H3,(H,18,21)/t14-,15-/m1/s1. The first-order valence-corrected chi connectivity index (χ1v) is 7.40. The van der Waals surface area contributed by atoms with Gasteiger partial charge in [-0.05, 0) is 36.5 Å². The average Bonchev–Trinajstić information content (AvgIpc) is 2.85. The van der Waals surface area contributed by atoms with Crippen LogP contribution in [-0.2, 0) is 0 Å². The molecule has 1 fully saturated rings. The van der Waals surface area contributed by atoms with Gasteiger partial charge in [0.2, 0.25) is 0 Å². The fourth-order valence-electron chi connectivity index (χ4n) is 3.07. The molecule has 0 amide bonds. The second-order valence-electron chi connectivity index (χ2n) is 5.32. The van der Waals surface area contributed by atoms with E-state index in [1.165, 1.54) is 5.69 Å². The Hall–Kier alpha value is -2.27. The minimum Gasteiger partial charge on any atom is -0.360 e. The van der Waals surface area contributed by atoms with Gasteiger partial charge in [0.25, 0.3) is 0 Å². The van der Waals surface area contributed by atoms with Gasteiger partial charge in [-0.15, -0.1) is 0 Å². The lowest BCUT2D eigenvalue weighted by molar-refractivity contribution is 0.550. The molecule has 0 unspecified atom stereocenters. The van der Waals surface area contributed by atoms with Crippen LogP contribution in [0.15, 0.2) is 54.6 Å². The monoisotopic (exact) mass is 296 g/mol. The zero-order valence-corrected chi connectivity index (χ0v) is 12.5. The van der Waals surface area contributed by atoms with Gasteiger partial charge >= 0.3 is 0 Å². The maximum absolute atomic E-state index is 5.55. The lowest BCUT2D eigenvalue weighted by atomic mass is 10.1. The summed E-state index contributed by atoms with van der Waals surface area (Å²) < 4.78 is 0. The minimum atomic E-state index is 0.0831. The van der Waals surface area contributed by atoms with E-state index in [-0.39, 0.29) is 12.3 Å². The van der Waals surface area contributed by atoms with Gasteiger partial charge in [-0.25, -0.2) is 0 Å². The number of rotatable bonds is 1. The SMILES string of the molecule is CN1c2ccccc2N[C@H]2[C@@H]1NC(=S)N2c1ccccc1. The molecule has 0 radical (unpaired) electrons. The number of hydrogen-bond acceptors (Lipinski definition) is 3. The predicted octanol–water partition coefficient (Wildman–Crippen LogP) is 2.60. The van der Waals surface area contributed by atoms with E-state index in [1.807, 2.05) is 24.3 Å². The zero-order valence-electron chi connectivity index (χ0n) is 11.7. The first-order valence-electron chi connectivity index (χ1n) is 6.99. The average molecular weight is 296 g/mol. The highest BCUT2D eigenvalue weighted by molar-refractivity contribution is 7.80. The second-order valence-corrected chi connectivity index (χ2v) is 5.70. The highest BCUT2D eigenvalue weighted by Crippen LogP contribution is 2.36. The van der Waals surface area contributed by atoms with E-state index in [2.05, 4.69) is 57.8 Å². The molecule has 0 spiro atoms. The fourth-order valence-corrected chi connectivity index (χ4v) is 3.41. The highest BCUT2D eigenvalue weighted by atomic mass is 32.1. The Morgan fingerprint density at radius 1 is 0.905 bits per heavy atom. The number of benzene rings is 2. The molecular weight excluding hydrogens is 280 g/mol. The van der Waals surface area contributed by atoms with Crippen LogP contribution in [0.2, 0.25) is 0 Å². The number of thiocarbonyl (C=S) groups is 1. The van der Waals surface area contributed by atoms with Crippen molar-refractivity contribution in [3.05, 3.63) is 54.6 Å². The largest absolute Gasteiger partial charge is 0.360 e. The molecule has 2 aliphatic heterocycles. The molecule has 2 aromatic carbocycles. The Morgan fingerprint density at radius 3 is 2.43 bits per heavy atom. The van der Waals surface area contributed by atoms with Crippen molar-refractivity contribution in [1.29, 1.82) is 0 Å². The second kappa shape index (κ2) is 4.63. The van der Waals surface area contributed by atoms with Gasteiger partial charge in [-0.1, -0.05) is 30.3 Å². The van der Waals surface area contributed by atoms with Crippen LogP contribution in [0.4, 0.5) is 17.1 Å². The molecule has 0 aromatic heterocycles. The molecule has 2 N–H and O–H groups in total. The lowest BCUT2D eigenvalue weighted by Crippen LogP contribution is -2.54. The van der Waals surface area contributed by atoms with Crippen molar-refractivity contribution in [1.82, 2.24) is 5.32 Å². The Balaban J connectivity index is 1.76. The van der Waals surface area contributed by atoms with Crippen LogP contribution in [0.25, 0.3) is 0 Å². The van der Waals surface area contributed by atoms with Crippen LogP contribution in [0.1, 0.15) is 0 Å². The smallest absolute Gasteiger partial charge is 0.177 e. The lowest BCUT2D eigenvalue weighted by Gasteiger charge is -2.40. The molecule has 2 atom stereocenters.